The van der Waals surface area contributed by atoms with Gasteiger partial charge in [-0.2, -0.15) is 5.10 Å². The van der Waals surface area contributed by atoms with Crippen LogP contribution in [-0.2, 0) is 4.79 Å². The Morgan fingerprint density at radius 1 is 1.30 bits per heavy atom. The Hall–Kier alpha value is -2.04. The first-order chi connectivity index (χ1) is 9.74. The number of nitrogens with two attached hydrogens (primary N) is 1. The van der Waals surface area contributed by atoms with E-state index in [4.69, 9.17) is 15.3 Å². The zero-order valence-corrected chi connectivity index (χ0v) is 11.7. The van der Waals surface area contributed by atoms with Crippen LogP contribution in [0, 0.1) is 5.92 Å². The average Bonchev–Trinajstić information content (AvgIpc) is 2.50. The van der Waals surface area contributed by atoms with Crippen LogP contribution in [0.25, 0.3) is 0 Å². The number of benzene rings is 1. The molecule has 0 heterocycles. The van der Waals surface area contributed by atoms with E-state index in [9.17, 15) is 4.79 Å². The fourth-order valence-corrected chi connectivity index (χ4v) is 2.46. The lowest BCUT2D eigenvalue weighted by Gasteiger charge is -2.20. The van der Waals surface area contributed by atoms with E-state index in [0.717, 1.165) is 31.2 Å². The lowest BCUT2D eigenvalue weighted by molar-refractivity contribution is -0.140. The number of nitrogens with zero attached hydrogens (tertiary/aromatic N) is 1. The van der Waals surface area contributed by atoms with Gasteiger partial charge in [0.05, 0.1) is 19.2 Å². The molecule has 1 aromatic rings. The quantitative estimate of drug-likeness (QED) is 0.301. The molecule has 1 aliphatic carbocycles. The van der Waals surface area contributed by atoms with E-state index < -0.39 is 0 Å². The third-order valence-corrected chi connectivity index (χ3v) is 3.56. The van der Waals surface area contributed by atoms with Gasteiger partial charge in [-0.1, -0.05) is 19.3 Å². The first kappa shape index (κ1) is 14.4. The van der Waals surface area contributed by atoms with Gasteiger partial charge in [-0.05, 0) is 36.6 Å². The highest BCUT2D eigenvalue weighted by molar-refractivity contribution is 5.81. The molecule has 0 spiro atoms. The molecule has 0 bridgehead atoms. The van der Waals surface area contributed by atoms with E-state index >= 15 is 0 Å². The summed E-state index contributed by atoms with van der Waals surface area (Å²) in [5.74, 6) is 5.91. The second-order valence-corrected chi connectivity index (χ2v) is 4.94. The van der Waals surface area contributed by atoms with Crippen molar-refractivity contribution in [3.8, 4) is 11.5 Å². The molecule has 20 heavy (non-hydrogen) atoms. The summed E-state index contributed by atoms with van der Waals surface area (Å²) in [7, 11) is 1.54. The summed E-state index contributed by atoms with van der Waals surface area (Å²) in [4.78, 5) is 12.1. The molecular weight excluding hydrogens is 256 g/mol. The zero-order chi connectivity index (χ0) is 14.4. The molecule has 1 fully saturated rings. The molecule has 0 unspecified atom stereocenters. The van der Waals surface area contributed by atoms with Crippen molar-refractivity contribution >= 4 is 12.2 Å². The van der Waals surface area contributed by atoms with E-state index in [1.54, 1.807) is 18.2 Å². The smallest absolute Gasteiger partial charge is 0.314 e. The Balaban J connectivity index is 2.09. The molecular formula is C15H20N2O3. The zero-order valence-electron chi connectivity index (χ0n) is 11.7. The summed E-state index contributed by atoms with van der Waals surface area (Å²) in [6.07, 6.45) is 6.75. The largest absolute Gasteiger partial charge is 0.493 e. The number of esters is 1. The first-order valence-corrected chi connectivity index (χ1v) is 6.87. The third-order valence-electron chi connectivity index (χ3n) is 3.56. The molecule has 2 N–H and O–H groups in total. The van der Waals surface area contributed by atoms with E-state index in [2.05, 4.69) is 5.10 Å². The van der Waals surface area contributed by atoms with Crippen LogP contribution in [0.2, 0.25) is 0 Å². The maximum absolute atomic E-state index is 12.1. The monoisotopic (exact) mass is 276 g/mol. The number of carbonyl (C=O) groups is 1. The van der Waals surface area contributed by atoms with Crippen molar-refractivity contribution in [3.05, 3.63) is 23.8 Å². The number of hydrogen-bond donors (Lipinski definition) is 1. The molecule has 0 aromatic heterocycles. The van der Waals surface area contributed by atoms with Gasteiger partial charge >= 0.3 is 5.97 Å². The molecule has 5 heteroatoms. The second kappa shape index (κ2) is 6.93. The highest BCUT2D eigenvalue weighted by Gasteiger charge is 2.23. The summed E-state index contributed by atoms with van der Waals surface area (Å²) in [6.45, 7) is 0. The van der Waals surface area contributed by atoms with Crippen molar-refractivity contribution in [2.24, 2.45) is 16.9 Å². The minimum Gasteiger partial charge on any atom is -0.493 e. The van der Waals surface area contributed by atoms with Crippen molar-refractivity contribution in [3.63, 3.8) is 0 Å². The van der Waals surface area contributed by atoms with Crippen molar-refractivity contribution in [1.82, 2.24) is 0 Å². The molecule has 0 radical (unpaired) electrons. The first-order valence-electron chi connectivity index (χ1n) is 6.87. The SMILES string of the molecule is COc1cc(C=NN)ccc1OC(=O)C1CCCCC1. The Bertz CT molecular complexity index is 494. The van der Waals surface area contributed by atoms with Crippen LogP contribution in [0.4, 0.5) is 0 Å². The summed E-state index contributed by atoms with van der Waals surface area (Å²) in [5.41, 5.74) is 0.793. The number of methoxy groups -OCH3 is 1. The molecule has 1 aromatic carbocycles. The van der Waals surface area contributed by atoms with E-state index in [1.165, 1.54) is 19.7 Å². The highest BCUT2D eigenvalue weighted by Crippen LogP contribution is 2.30. The van der Waals surface area contributed by atoms with Gasteiger partial charge in [-0.15, -0.1) is 0 Å². The van der Waals surface area contributed by atoms with Gasteiger partial charge in [-0.3, -0.25) is 4.79 Å². The van der Waals surface area contributed by atoms with E-state index in [-0.39, 0.29) is 11.9 Å². The Morgan fingerprint density at radius 3 is 2.70 bits per heavy atom. The fraction of sp³-hybridized carbons (Fsp3) is 0.467. The van der Waals surface area contributed by atoms with Crippen LogP contribution in [0.15, 0.2) is 23.3 Å². The number of rotatable bonds is 4. The standard InChI is InChI=1S/C15H20N2O3/c1-19-14-9-11(10-17-16)7-8-13(14)20-15(18)12-5-3-2-4-6-12/h7-10,12H,2-6,16H2,1H3. The Kier molecular flexibility index (Phi) is 4.98. The molecule has 0 atom stereocenters. The van der Waals surface area contributed by atoms with Gasteiger partial charge in [0.2, 0.25) is 0 Å². The predicted molar refractivity (Wildman–Crippen MR) is 77.0 cm³/mol. The number of carbonyl (C=O) groups excluding carboxylic acids is 1. The molecule has 0 saturated heterocycles. The normalized spacial score (nSPS) is 16.2. The van der Waals surface area contributed by atoms with Crippen LogP contribution in [0.1, 0.15) is 37.7 Å². The van der Waals surface area contributed by atoms with Crippen molar-refractivity contribution < 1.29 is 14.3 Å². The summed E-state index contributed by atoms with van der Waals surface area (Å²) < 4.78 is 10.7. The number of ether oxygens (including phenoxy) is 2. The Labute approximate surface area is 118 Å². The lowest BCUT2D eigenvalue weighted by atomic mass is 9.89. The van der Waals surface area contributed by atoms with Crippen molar-refractivity contribution in [2.75, 3.05) is 7.11 Å². The molecule has 1 aliphatic rings. The second-order valence-electron chi connectivity index (χ2n) is 4.94. The maximum atomic E-state index is 12.1. The number of hydrazone groups is 1. The van der Waals surface area contributed by atoms with E-state index in [0.29, 0.717) is 11.5 Å². The van der Waals surface area contributed by atoms with Crippen molar-refractivity contribution in [1.29, 1.82) is 0 Å². The molecule has 0 aliphatic heterocycles. The van der Waals surface area contributed by atoms with Gasteiger partial charge in [0.1, 0.15) is 0 Å². The van der Waals surface area contributed by atoms with Crippen LogP contribution in [-0.4, -0.2) is 19.3 Å². The van der Waals surface area contributed by atoms with E-state index in [1.807, 2.05) is 0 Å². The van der Waals surface area contributed by atoms with Crippen LogP contribution in [0.3, 0.4) is 0 Å². The minimum absolute atomic E-state index is 0.0127. The molecule has 108 valence electrons. The Morgan fingerprint density at radius 2 is 2.05 bits per heavy atom. The summed E-state index contributed by atoms with van der Waals surface area (Å²) >= 11 is 0. The topological polar surface area (TPSA) is 73.9 Å². The van der Waals surface area contributed by atoms with Crippen LogP contribution >= 0.6 is 0 Å². The molecule has 2 rings (SSSR count). The van der Waals surface area contributed by atoms with Crippen LogP contribution < -0.4 is 15.3 Å². The highest BCUT2D eigenvalue weighted by atomic mass is 16.6. The number of hydrogen-bond acceptors (Lipinski definition) is 5. The third kappa shape index (κ3) is 3.50. The van der Waals surface area contributed by atoms with Crippen LogP contribution in [0.5, 0.6) is 11.5 Å². The fourth-order valence-electron chi connectivity index (χ4n) is 2.46. The van der Waals surface area contributed by atoms with Gasteiger partial charge in [0.25, 0.3) is 0 Å². The molecule has 1 saturated carbocycles. The van der Waals surface area contributed by atoms with Gasteiger partial charge in [0, 0.05) is 0 Å². The average molecular weight is 276 g/mol. The van der Waals surface area contributed by atoms with Gasteiger partial charge in [-0.25, -0.2) is 0 Å². The van der Waals surface area contributed by atoms with Gasteiger partial charge in [0.15, 0.2) is 11.5 Å². The molecule has 0 amide bonds. The lowest BCUT2D eigenvalue weighted by Crippen LogP contribution is -2.22. The molecule has 5 nitrogen and oxygen atoms in total. The maximum Gasteiger partial charge on any atom is 0.314 e. The minimum atomic E-state index is -0.164. The van der Waals surface area contributed by atoms with Crippen molar-refractivity contribution in [2.45, 2.75) is 32.1 Å². The summed E-state index contributed by atoms with van der Waals surface area (Å²) in [6, 6.07) is 5.22. The van der Waals surface area contributed by atoms with Gasteiger partial charge < -0.3 is 15.3 Å². The summed E-state index contributed by atoms with van der Waals surface area (Å²) in [5, 5.41) is 3.46. The predicted octanol–water partition coefficient (Wildman–Crippen LogP) is 2.47.